The number of Topliss-reactive ketones (excluding diaryl/α,β-unsaturated/α-hetero) is 1. The Kier molecular flexibility index (Phi) is 5.09. The van der Waals surface area contributed by atoms with Crippen molar-refractivity contribution in [1.29, 1.82) is 0 Å². The van der Waals surface area contributed by atoms with E-state index < -0.39 is 5.97 Å². The third kappa shape index (κ3) is 3.82. The van der Waals surface area contributed by atoms with Crippen LogP contribution in [0.4, 0.5) is 0 Å². The zero-order chi connectivity index (χ0) is 11.3. The molecule has 0 aromatic carbocycles. The molecule has 0 saturated heterocycles. The van der Waals surface area contributed by atoms with Gasteiger partial charge in [0, 0.05) is 11.3 Å². The van der Waals surface area contributed by atoms with E-state index >= 15 is 0 Å². The number of ether oxygens (including phenoxy) is 1. The lowest BCUT2D eigenvalue weighted by Gasteiger charge is -2.25. The molecular weight excluding hydrogens is 216 g/mol. The lowest BCUT2D eigenvalue weighted by molar-refractivity contribution is -0.146. The molecule has 1 rings (SSSR count). The summed E-state index contributed by atoms with van der Waals surface area (Å²) in [7, 11) is 0. The number of ketones is 1. The van der Waals surface area contributed by atoms with E-state index in [9.17, 15) is 9.59 Å². The van der Waals surface area contributed by atoms with Crippen molar-refractivity contribution in [2.45, 2.75) is 44.4 Å². The molecule has 0 amide bonds. The number of carbonyl (C=O) groups excluding carboxylic acids is 2. The average Bonchev–Trinajstić information content (AvgIpc) is 2.18. The van der Waals surface area contributed by atoms with Crippen LogP contribution in [0.3, 0.4) is 0 Å². The predicted octanol–water partition coefficient (Wildman–Crippen LogP) is 2.31. The number of esters is 1. The van der Waals surface area contributed by atoms with Crippen LogP contribution in [0.15, 0.2) is 0 Å². The Labute approximate surface area is 95.1 Å². The van der Waals surface area contributed by atoms with Crippen molar-refractivity contribution in [3.63, 3.8) is 0 Å². The van der Waals surface area contributed by atoms with Crippen molar-refractivity contribution in [2.75, 3.05) is 6.61 Å². The molecule has 0 aromatic heterocycles. The van der Waals surface area contributed by atoms with Gasteiger partial charge in [0.15, 0.2) is 0 Å². The molecular formula is C11H17ClO3. The molecule has 86 valence electrons. The molecule has 4 heteroatoms. The van der Waals surface area contributed by atoms with Crippen molar-refractivity contribution in [1.82, 2.24) is 0 Å². The van der Waals surface area contributed by atoms with Crippen LogP contribution in [0.1, 0.15) is 39.0 Å². The van der Waals surface area contributed by atoms with Gasteiger partial charge in [0.2, 0.25) is 0 Å². The van der Waals surface area contributed by atoms with Gasteiger partial charge in [-0.25, -0.2) is 0 Å². The topological polar surface area (TPSA) is 43.4 Å². The Morgan fingerprint density at radius 1 is 1.33 bits per heavy atom. The maximum atomic E-state index is 11.7. The van der Waals surface area contributed by atoms with Gasteiger partial charge in [0.1, 0.15) is 12.2 Å². The number of halogens is 1. The first kappa shape index (κ1) is 12.5. The molecule has 0 bridgehead atoms. The molecule has 2 unspecified atom stereocenters. The fraction of sp³-hybridized carbons (Fsp3) is 0.818. The Bertz CT molecular complexity index is 240. The van der Waals surface area contributed by atoms with E-state index in [1.807, 2.05) is 0 Å². The fourth-order valence-electron chi connectivity index (χ4n) is 1.93. The van der Waals surface area contributed by atoms with Crippen LogP contribution in [-0.2, 0) is 14.3 Å². The minimum Gasteiger partial charge on any atom is -0.466 e. The summed E-state index contributed by atoms with van der Waals surface area (Å²) in [5.74, 6) is -0.644. The third-order valence-corrected chi connectivity index (χ3v) is 3.24. The number of alkyl halides is 1. The van der Waals surface area contributed by atoms with Crippen LogP contribution < -0.4 is 0 Å². The second-order valence-electron chi connectivity index (χ2n) is 3.86. The highest BCUT2D eigenvalue weighted by atomic mass is 35.5. The summed E-state index contributed by atoms with van der Waals surface area (Å²) in [6.07, 6.45) is 3.68. The molecule has 0 radical (unpaired) electrons. The van der Waals surface area contributed by atoms with E-state index in [1.165, 1.54) is 0 Å². The van der Waals surface area contributed by atoms with Gasteiger partial charge < -0.3 is 4.74 Å². The smallest absolute Gasteiger partial charge is 0.313 e. The normalized spacial score (nSPS) is 26.0. The maximum Gasteiger partial charge on any atom is 0.313 e. The quantitative estimate of drug-likeness (QED) is 0.424. The molecule has 0 N–H and O–H groups in total. The standard InChI is InChI=1S/C11H17ClO3/c1-2-15-11(14)7-10(13)8-5-3-4-6-9(8)12/h8-9H,2-7H2,1H3. The van der Waals surface area contributed by atoms with E-state index in [0.29, 0.717) is 6.61 Å². The molecule has 2 atom stereocenters. The highest BCUT2D eigenvalue weighted by molar-refractivity contribution is 6.22. The molecule has 15 heavy (non-hydrogen) atoms. The minimum atomic E-state index is -0.433. The molecule has 1 fully saturated rings. The van der Waals surface area contributed by atoms with Crippen molar-refractivity contribution < 1.29 is 14.3 Å². The summed E-state index contributed by atoms with van der Waals surface area (Å²) in [5, 5.41) is -0.0966. The van der Waals surface area contributed by atoms with E-state index in [1.54, 1.807) is 6.92 Å². The first-order valence-corrected chi connectivity index (χ1v) is 5.91. The van der Waals surface area contributed by atoms with Gasteiger partial charge in [0.25, 0.3) is 0 Å². The molecule has 1 aliphatic carbocycles. The van der Waals surface area contributed by atoms with E-state index in [-0.39, 0.29) is 23.5 Å². The lowest BCUT2D eigenvalue weighted by Crippen LogP contribution is -2.29. The van der Waals surface area contributed by atoms with Gasteiger partial charge in [0.05, 0.1) is 6.61 Å². The van der Waals surface area contributed by atoms with Crippen LogP contribution in [0.25, 0.3) is 0 Å². The first-order valence-electron chi connectivity index (χ1n) is 5.47. The molecule has 3 nitrogen and oxygen atoms in total. The Hall–Kier alpha value is -0.570. The maximum absolute atomic E-state index is 11.7. The second-order valence-corrected chi connectivity index (χ2v) is 4.42. The second kappa shape index (κ2) is 6.11. The largest absolute Gasteiger partial charge is 0.466 e. The van der Waals surface area contributed by atoms with Gasteiger partial charge in [-0.05, 0) is 19.8 Å². The zero-order valence-corrected chi connectivity index (χ0v) is 9.76. The van der Waals surface area contributed by atoms with E-state index in [0.717, 1.165) is 25.7 Å². The minimum absolute atomic E-state index is 0.0619. The van der Waals surface area contributed by atoms with Crippen LogP contribution in [-0.4, -0.2) is 23.7 Å². The Morgan fingerprint density at radius 2 is 2.00 bits per heavy atom. The SMILES string of the molecule is CCOC(=O)CC(=O)C1CCCCC1Cl. The van der Waals surface area contributed by atoms with Gasteiger partial charge in [-0.1, -0.05) is 12.8 Å². The Balaban J connectivity index is 2.41. The summed E-state index contributed by atoms with van der Waals surface area (Å²) in [4.78, 5) is 22.8. The number of rotatable bonds is 4. The number of hydrogen-bond acceptors (Lipinski definition) is 3. The Morgan fingerprint density at radius 3 is 2.60 bits per heavy atom. The van der Waals surface area contributed by atoms with Gasteiger partial charge in [-0.3, -0.25) is 9.59 Å². The monoisotopic (exact) mass is 232 g/mol. The summed E-state index contributed by atoms with van der Waals surface area (Å²) in [6, 6.07) is 0. The first-order chi connectivity index (χ1) is 7.15. The van der Waals surface area contributed by atoms with E-state index in [2.05, 4.69) is 0 Å². The summed E-state index contributed by atoms with van der Waals surface area (Å²) < 4.78 is 4.74. The van der Waals surface area contributed by atoms with Gasteiger partial charge in [-0.15, -0.1) is 11.6 Å². The zero-order valence-electron chi connectivity index (χ0n) is 9.00. The summed E-state index contributed by atoms with van der Waals surface area (Å²) in [5.41, 5.74) is 0. The van der Waals surface area contributed by atoms with Crippen LogP contribution in [0.2, 0.25) is 0 Å². The number of hydrogen-bond donors (Lipinski definition) is 0. The van der Waals surface area contributed by atoms with Crippen LogP contribution >= 0.6 is 11.6 Å². The number of carbonyl (C=O) groups is 2. The summed E-state index contributed by atoms with van der Waals surface area (Å²) >= 11 is 6.07. The molecule has 0 spiro atoms. The fourth-order valence-corrected chi connectivity index (χ4v) is 2.35. The lowest BCUT2D eigenvalue weighted by atomic mass is 9.85. The van der Waals surface area contributed by atoms with Crippen molar-refractivity contribution in [3.05, 3.63) is 0 Å². The van der Waals surface area contributed by atoms with Crippen LogP contribution in [0.5, 0.6) is 0 Å². The average molecular weight is 233 g/mol. The molecule has 0 aliphatic heterocycles. The molecule has 0 heterocycles. The van der Waals surface area contributed by atoms with E-state index in [4.69, 9.17) is 16.3 Å². The highest BCUT2D eigenvalue weighted by Gasteiger charge is 2.30. The van der Waals surface area contributed by atoms with Gasteiger partial charge in [-0.2, -0.15) is 0 Å². The molecule has 1 saturated carbocycles. The van der Waals surface area contributed by atoms with Crippen molar-refractivity contribution in [3.8, 4) is 0 Å². The third-order valence-electron chi connectivity index (χ3n) is 2.72. The van der Waals surface area contributed by atoms with Crippen LogP contribution in [0, 0.1) is 5.92 Å². The molecule has 1 aliphatic rings. The van der Waals surface area contributed by atoms with Gasteiger partial charge >= 0.3 is 5.97 Å². The highest BCUT2D eigenvalue weighted by Crippen LogP contribution is 2.30. The summed E-state index contributed by atoms with van der Waals surface area (Å²) in [6.45, 7) is 2.05. The van der Waals surface area contributed by atoms with Crippen molar-refractivity contribution >= 4 is 23.4 Å². The van der Waals surface area contributed by atoms with Crippen molar-refractivity contribution in [2.24, 2.45) is 5.92 Å². The predicted molar refractivity (Wildman–Crippen MR) is 57.9 cm³/mol. The molecule has 0 aromatic rings.